The lowest BCUT2D eigenvalue weighted by Crippen LogP contribution is -2.54. The number of aryl methyl sites for hydroxylation is 1. The van der Waals surface area contributed by atoms with E-state index in [0.717, 1.165) is 22.4 Å². The number of hydrogen-bond acceptors (Lipinski definition) is 4. The quantitative estimate of drug-likeness (QED) is 0.402. The normalized spacial score (nSPS) is 15.7. The number of nitrogens with zero attached hydrogens (tertiary/aromatic N) is 1. The second-order valence-corrected chi connectivity index (χ2v) is 8.04. The number of nitrogens with one attached hydrogen (secondary N) is 1. The molecule has 0 aromatic heterocycles. The van der Waals surface area contributed by atoms with Crippen molar-refractivity contribution < 1.29 is 14.3 Å². The fourth-order valence-corrected chi connectivity index (χ4v) is 3.76. The van der Waals surface area contributed by atoms with Crippen LogP contribution in [-0.2, 0) is 9.59 Å². The van der Waals surface area contributed by atoms with Crippen LogP contribution in [0.5, 0.6) is 5.75 Å². The molecule has 30 heavy (non-hydrogen) atoms. The second-order valence-electron chi connectivity index (χ2n) is 7.24. The molecule has 2 aromatic rings. The Kier molecular flexibility index (Phi) is 6.58. The van der Waals surface area contributed by atoms with Crippen molar-refractivity contribution in [3.8, 4) is 5.75 Å². The third kappa shape index (κ3) is 4.25. The molecule has 1 N–H and O–H groups in total. The Hall–Kier alpha value is -2.70. The van der Waals surface area contributed by atoms with Crippen LogP contribution in [-0.4, -0.2) is 23.5 Å². The third-order valence-electron chi connectivity index (χ3n) is 4.82. The van der Waals surface area contributed by atoms with Gasteiger partial charge in [0.15, 0.2) is 5.11 Å². The highest BCUT2D eigenvalue weighted by molar-refractivity contribution is 7.80. The summed E-state index contributed by atoms with van der Waals surface area (Å²) in [6, 6.07) is 10.8. The smallest absolute Gasteiger partial charge is 0.270 e. The fraction of sp³-hybridized carbons (Fsp3) is 0.261. The molecule has 1 aliphatic rings. The average Bonchev–Trinajstić information content (AvgIpc) is 2.67. The zero-order chi connectivity index (χ0) is 22.0. The molecule has 3 rings (SSSR count). The van der Waals surface area contributed by atoms with Crippen molar-refractivity contribution in [1.82, 2.24) is 5.32 Å². The first-order valence-corrected chi connectivity index (χ1v) is 10.5. The van der Waals surface area contributed by atoms with Crippen molar-refractivity contribution in [3.05, 3.63) is 63.7 Å². The van der Waals surface area contributed by atoms with Crippen molar-refractivity contribution in [2.45, 2.75) is 33.6 Å². The van der Waals surface area contributed by atoms with E-state index in [1.807, 2.05) is 26.0 Å². The Labute approximate surface area is 186 Å². The molecule has 0 radical (unpaired) electrons. The minimum atomic E-state index is -0.535. The molecule has 0 saturated carbocycles. The van der Waals surface area contributed by atoms with Crippen LogP contribution < -0.4 is 15.0 Å². The number of thiocarbonyl (C=S) groups is 1. The van der Waals surface area contributed by atoms with Gasteiger partial charge in [-0.2, -0.15) is 0 Å². The van der Waals surface area contributed by atoms with E-state index in [0.29, 0.717) is 17.3 Å². The van der Waals surface area contributed by atoms with Gasteiger partial charge in [0.25, 0.3) is 11.8 Å². The van der Waals surface area contributed by atoms with Crippen LogP contribution in [0.3, 0.4) is 0 Å². The maximum absolute atomic E-state index is 13.2. The average molecular weight is 443 g/mol. The van der Waals surface area contributed by atoms with E-state index in [2.05, 4.69) is 19.2 Å². The number of anilines is 1. The number of amides is 2. The molecule has 0 spiro atoms. The minimum absolute atomic E-state index is 0.00142. The molecule has 1 saturated heterocycles. The molecule has 1 heterocycles. The van der Waals surface area contributed by atoms with Gasteiger partial charge in [0, 0.05) is 0 Å². The molecule has 2 aromatic carbocycles. The molecule has 0 atom stereocenters. The lowest BCUT2D eigenvalue weighted by atomic mass is 9.95. The summed E-state index contributed by atoms with van der Waals surface area (Å²) in [5.74, 6) is -0.0262. The van der Waals surface area contributed by atoms with Gasteiger partial charge in [0.2, 0.25) is 0 Å². The number of hydrogen-bond donors (Lipinski definition) is 1. The summed E-state index contributed by atoms with van der Waals surface area (Å²) in [7, 11) is 0. The standard InChI is InChI=1S/C23H23ClN2O3S/c1-5-29-20-10-14(4)15(11-16(20)13(2)3)12-17-21(27)25-23(30)26(22(17)28)19-9-7-6-8-18(19)24/h6-13H,5H2,1-4H3,(H,25,27,30)/b17-12+. The van der Waals surface area contributed by atoms with Gasteiger partial charge in [-0.25, -0.2) is 0 Å². The number of carbonyl (C=O) groups excluding carboxylic acids is 2. The van der Waals surface area contributed by atoms with Crippen LogP contribution >= 0.6 is 23.8 Å². The second kappa shape index (κ2) is 8.98. The first-order chi connectivity index (χ1) is 14.2. The minimum Gasteiger partial charge on any atom is -0.494 e. The first-order valence-electron chi connectivity index (χ1n) is 9.67. The largest absolute Gasteiger partial charge is 0.494 e. The number of carbonyl (C=O) groups is 2. The van der Waals surface area contributed by atoms with Crippen LogP contribution in [0.2, 0.25) is 5.02 Å². The third-order valence-corrected chi connectivity index (χ3v) is 5.42. The lowest BCUT2D eigenvalue weighted by molar-refractivity contribution is -0.122. The highest BCUT2D eigenvalue weighted by Crippen LogP contribution is 2.32. The van der Waals surface area contributed by atoms with Crippen molar-refractivity contribution in [2.75, 3.05) is 11.5 Å². The molecule has 1 fully saturated rings. The molecule has 156 valence electrons. The Morgan fingerprint density at radius 2 is 1.93 bits per heavy atom. The molecular formula is C23H23ClN2O3S. The monoisotopic (exact) mass is 442 g/mol. The van der Waals surface area contributed by atoms with Gasteiger partial charge in [0.1, 0.15) is 11.3 Å². The van der Waals surface area contributed by atoms with Gasteiger partial charge in [-0.1, -0.05) is 37.6 Å². The summed E-state index contributed by atoms with van der Waals surface area (Å²) in [6.07, 6.45) is 1.60. The summed E-state index contributed by atoms with van der Waals surface area (Å²) in [4.78, 5) is 27.1. The maximum atomic E-state index is 13.2. The Balaban J connectivity index is 2.09. The highest BCUT2D eigenvalue weighted by Gasteiger charge is 2.35. The molecule has 0 bridgehead atoms. The van der Waals surface area contributed by atoms with Gasteiger partial charge < -0.3 is 4.74 Å². The van der Waals surface area contributed by atoms with Gasteiger partial charge in [0.05, 0.1) is 17.3 Å². The summed E-state index contributed by atoms with van der Waals surface area (Å²) in [6.45, 7) is 8.55. The van der Waals surface area contributed by atoms with Crippen LogP contribution in [0.15, 0.2) is 42.0 Å². The Bertz CT molecular complexity index is 1060. The van der Waals surface area contributed by atoms with Crippen molar-refractivity contribution >= 4 is 52.5 Å². The van der Waals surface area contributed by atoms with Gasteiger partial charge in [-0.05, 0) is 79.0 Å². The van der Waals surface area contributed by atoms with Crippen LogP contribution in [0.1, 0.15) is 43.4 Å². The number of para-hydroxylation sites is 1. The summed E-state index contributed by atoms with van der Waals surface area (Å²) >= 11 is 11.5. The molecule has 7 heteroatoms. The predicted octanol–water partition coefficient (Wildman–Crippen LogP) is 5.00. The van der Waals surface area contributed by atoms with Gasteiger partial charge in [-0.3, -0.25) is 19.8 Å². The van der Waals surface area contributed by atoms with Gasteiger partial charge in [-0.15, -0.1) is 0 Å². The van der Waals surface area contributed by atoms with Crippen LogP contribution in [0.25, 0.3) is 6.08 Å². The van der Waals surface area contributed by atoms with E-state index >= 15 is 0 Å². The van der Waals surface area contributed by atoms with E-state index in [1.165, 1.54) is 4.90 Å². The van der Waals surface area contributed by atoms with E-state index in [1.54, 1.807) is 30.3 Å². The fourth-order valence-electron chi connectivity index (χ4n) is 3.27. The number of halogens is 1. The number of rotatable bonds is 5. The summed E-state index contributed by atoms with van der Waals surface area (Å²) in [5, 5.41) is 2.96. The molecular weight excluding hydrogens is 420 g/mol. The van der Waals surface area contributed by atoms with E-state index in [4.69, 9.17) is 28.6 Å². The maximum Gasteiger partial charge on any atom is 0.270 e. The van der Waals surface area contributed by atoms with Crippen molar-refractivity contribution in [2.24, 2.45) is 0 Å². The zero-order valence-corrected chi connectivity index (χ0v) is 18.9. The topological polar surface area (TPSA) is 58.6 Å². The molecule has 5 nitrogen and oxygen atoms in total. The van der Waals surface area contributed by atoms with Crippen LogP contribution in [0, 0.1) is 6.92 Å². The Morgan fingerprint density at radius 3 is 2.57 bits per heavy atom. The highest BCUT2D eigenvalue weighted by atomic mass is 35.5. The molecule has 1 aliphatic heterocycles. The molecule has 0 aliphatic carbocycles. The molecule has 0 unspecified atom stereocenters. The number of ether oxygens (including phenoxy) is 1. The predicted molar refractivity (Wildman–Crippen MR) is 124 cm³/mol. The Morgan fingerprint density at radius 1 is 1.23 bits per heavy atom. The SMILES string of the molecule is CCOc1cc(C)c(/C=C2\C(=O)NC(=S)N(c3ccccc3Cl)C2=O)cc1C(C)C. The van der Waals surface area contributed by atoms with E-state index < -0.39 is 11.8 Å². The first kappa shape index (κ1) is 22.0. The summed E-state index contributed by atoms with van der Waals surface area (Å²) < 4.78 is 5.76. The number of benzene rings is 2. The van der Waals surface area contributed by atoms with Crippen molar-refractivity contribution in [3.63, 3.8) is 0 Å². The lowest BCUT2D eigenvalue weighted by Gasteiger charge is -2.29. The summed E-state index contributed by atoms with van der Waals surface area (Å²) in [5.41, 5.74) is 3.09. The van der Waals surface area contributed by atoms with E-state index in [9.17, 15) is 9.59 Å². The molecule has 2 amide bonds. The van der Waals surface area contributed by atoms with Crippen molar-refractivity contribution in [1.29, 1.82) is 0 Å². The zero-order valence-electron chi connectivity index (χ0n) is 17.3. The van der Waals surface area contributed by atoms with E-state index in [-0.39, 0.29) is 16.6 Å². The van der Waals surface area contributed by atoms with Gasteiger partial charge >= 0.3 is 0 Å². The van der Waals surface area contributed by atoms with Crippen LogP contribution in [0.4, 0.5) is 5.69 Å².